The van der Waals surface area contributed by atoms with Crippen LogP contribution in [0, 0.1) is 18.8 Å². The standard InChI is InChI=1S/C15H19Cl2N3O/c1-9-2-3-12(16)15(14(9)17)19-13(21)8-20-6-10-4-18-5-11(10)7-20/h2-3,10-11,18H,4-8H2,1H3,(H,19,21). The minimum atomic E-state index is -0.0580. The van der Waals surface area contributed by atoms with Crippen molar-refractivity contribution in [2.24, 2.45) is 11.8 Å². The number of fused-ring (bicyclic) bond motifs is 1. The molecule has 0 aromatic heterocycles. The number of likely N-dealkylation sites (tertiary alicyclic amines) is 1. The Bertz CT molecular complexity index is 552. The maximum atomic E-state index is 12.2. The van der Waals surface area contributed by atoms with E-state index in [4.69, 9.17) is 23.2 Å². The summed E-state index contributed by atoms with van der Waals surface area (Å²) in [6, 6.07) is 3.60. The predicted molar refractivity (Wildman–Crippen MR) is 86.1 cm³/mol. The van der Waals surface area contributed by atoms with Crippen molar-refractivity contribution in [2.45, 2.75) is 6.92 Å². The van der Waals surface area contributed by atoms with E-state index in [1.54, 1.807) is 6.07 Å². The number of nitrogens with one attached hydrogen (secondary N) is 2. The minimum Gasteiger partial charge on any atom is -0.322 e. The van der Waals surface area contributed by atoms with Crippen molar-refractivity contribution in [1.82, 2.24) is 10.2 Å². The molecule has 2 aliphatic heterocycles. The Morgan fingerprint density at radius 3 is 2.67 bits per heavy atom. The molecule has 21 heavy (non-hydrogen) atoms. The van der Waals surface area contributed by atoms with Crippen molar-refractivity contribution in [2.75, 3.05) is 38.0 Å². The lowest BCUT2D eigenvalue weighted by atomic mass is 10.0. The van der Waals surface area contributed by atoms with E-state index in [0.29, 0.717) is 34.1 Å². The highest BCUT2D eigenvalue weighted by molar-refractivity contribution is 6.40. The highest BCUT2D eigenvalue weighted by Gasteiger charge is 2.36. The first-order valence-electron chi connectivity index (χ1n) is 7.22. The van der Waals surface area contributed by atoms with Crippen molar-refractivity contribution in [1.29, 1.82) is 0 Å². The van der Waals surface area contributed by atoms with E-state index in [9.17, 15) is 4.79 Å². The number of amides is 1. The number of hydrogen-bond acceptors (Lipinski definition) is 3. The minimum absolute atomic E-state index is 0.0580. The van der Waals surface area contributed by atoms with E-state index in [-0.39, 0.29) is 5.91 Å². The van der Waals surface area contributed by atoms with Gasteiger partial charge in [-0.1, -0.05) is 29.3 Å². The van der Waals surface area contributed by atoms with Crippen LogP contribution in [0.3, 0.4) is 0 Å². The number of aryl methyl sites for hydroxylation is 1. The Morgan fingerprint density at radius 2 is 2.00 bits per heavy atom. The predicted octanol–water partition coefficient (Wildman–Crippen LogP) is 2.39. The molecule has 0 aliphatic carbocycles. The molecule has 6 heteroatoms. The molecule has 2 saturated heterocycles. The number of hydrogen-bond donors (Lipinski definition) is 2. The molecule has 2 fully saturated rings. The molecule has 0 bridgehead atoms. The van der Waals surface area contributed by atoms with Crippen molar-refractivity contribution < 1.29 is 4.79 Å². The molecule has 2 heterocycles. The van der Waals surface area contributed by atoms with Gasteiger partial charge in [0.15, 0.2) is 0 Å². The number of halogens is 2. The number of rotatable bonds is 3. The first-order chi connectivity index (χ1) is 10.0. The first kappa shape index (κ1) is 15.1. The molecule has 2 N–H and O–H groups in total. The van der Waals surface area contributed by atoms with Crippen LogP contribution in [0.15, 0.2) is 12.1 Å². The van der Waals surface area contributed by atoms with Crippen LogP contribution in [-0.2, 0) is 4.79 Å². The van der Waals surface area contributed by atoms with Crippen LogP contribution in [0.2, 0.25) is 10.0 Å². The number of carbonyl (C=O) groups excluding carboxylic acids is 1. The highest BCUT2D eigenvalue weighted by Crippen LogP contribution is 2.33. The molecule has 2 aliphatic rings. The zero-order chi connectivity index (χ0) is 15.0. The van der Waals surface area contributed by atoms with Crippen LogP contribution in [0.1, 0.15) is 5.56 Å². The van der Waals surface area contributed by atoms with Crippen LogP contribution in [0.5, 0.6) is 0 Å². The first-order valence-corrected chi connectivity index (χ1v) is 7.97. The number of benzene rings is 1. The summed E-state index contributed by atoms with van der Waals surface area (Å²) in [4.78, 5) is 14.4. The van der Waals surface area contributed by atoms with Gasteiger partial charge in [0.25, 0.3) is 0 Å². The maximum absolute atomic E-state index is 12.2. The second-order valence-electron chi connectivity index (χ2n) is 5.97. The Kier molecular flexibility index (Phi) is 4.41. The van der Waals surface area contributed by atoms with Crippen LogP contribution < -0.4 is 10.6 Å². The van der Waals surface area contributed by atoms with Gasteiger partial charge in [-0.2, -0.15) is 0 Å². The van der Waals surface area contributed by atoms with E-state index in [1.807, 2.05) is 13.0 Å². The van der Waals surface area contributed by atoms with Crippen LogP contribution in [0.25, 0.3) is 0 Å². The summed E-state index contributed by atoms with van der Waals surface area (Å²) in [5.41, 5.74) is 1.42. The average molecular weight is 328 g/mol. The Hall–Kier alpha value is -0.810. The number of carbonyl (C=O) groups is 1. The summed E-state index contributed by atoms with van der Waals surface area (Å²) in [7, 11) is 0. The summed E-state index contributed by atoms with van der Waals surface area (Å²) < 4.78 is 0. The fraction of sp³-hybridized carbons (Fsp3) is 0.533. The van der Waals surface area contributed by atoms with E-state index < -0.39 is 0 Å². The van der Waals surface area contributed by atoms with Crippen molar-refractivity contribution in [3.8, 4) is 0 Å². The Labute approximate surface area is 134 Å². The van der Waals surface area contributed by atoms with E-state index in [2.05, 4.69) is 15.5 Å². The third kappa shape index (κ3) is 3.19. The van der Waals surface area contributed by atoms with E-state index in [0.717, 1.165) is 31.7 Å². The monoisotopic (exact) mass is 327 g/mol. The van der Waals surface area contributed by atoms with Crippen molar-refractivity contribution in [3.63, 3.8) is 0 Å². The highest BCUT2D eigenvalue weighted by atomic mass is 35.5. The van der Waals surface area contributed by atoms with Crippen molar-refractivity contribution >= 4 is 34.8 Å². The molecule has 1 aromatic rings. The zero-order valence-corrected chi connectivity index (χ0v) is 13.5. The lowest BCUT2D eigenvalue weighted by Crippen LogP contribution is -2.33. The van der Waals surface area contributed by atoms with Gasteiger partial charge < -0.3 is 10.6 Å². The quantitative estimate of drug-likeness (QED) is 0.896. The van der Waals surface area contributed by atoms with Crippen LogP contribution in [0.4, 0.5) is 5.69 Å². The summed E-state index contributed by atoms with van der Waals surface area (Å²) >= 11 is 12.3. The van der Waals surface area contributed by atoms with Crippen LogP contribution in [-0.4, -0.2) is 43.5 Å². The van der Waals surface area contributed by atoms with Gasteiger partial charge in [-0.15, -0.1) is 0 Å². The normalized spacial score (nSPS) is 25.1. The SMILES string of the molecule is Cc1ccc(Cl)c(NC(=O)CN2CC3CNCC3C2)c1Cl. The summed E-state index contributed by atoms with van der Waals surface area (Å²) in [5.74, 6) is 1.31. The van der Waals surface area contributed by atoms with Gasteiger partial charge in [0.2, 0.25) is 5.91 Å². The molecule has 0 saturated carbocycles. The third-order valence-electron chi connectivity index (χ3n) is 4.38. The topological polar surface area (TPSA) is 44.4 Å². The summed E-state index contributed by atoms with van der Waals surface area (Å²) in [5, 5.41) is 7.23. The molecule has 114 valence electrons. The molecule has 2 unspecified atom stereocenters. The molecule has 2 atom stereocenters. The third-order valence-corrected chi connectivity index (χ3v) is 5.18. The number of anilines is 1. The number of nitrogens with zero attached hydrogens (tertiary/aromatic N) is 1. The van der Waals surface area contributed by atoms with Gasteiger partial charge >= 0.3 is 0 Å². The fourth-order valence-corrected chi connectivity index (χ4v) is 3.70. The van der Waals surface area contributed by atoms with Gasteiger partial charge in [0.05, 0.1) is 22.3 Å². The molecule has 0 radical (unpaired) electrons. The lowest BCUT2D eigenvalue weighted by molar-refractivity contribution is -0.117. The van der Waals surface area contributed by atoms with Gasteiger partial charge in [-0.25, -0.2) is 0 Å². The molecular formula is C15H19Cl2N3O. The molecule has 1 amide bonds. The maximum Gasteiger partial charge on any atom is 0.238 e. The van der Waals surface area contributed by atoms with Gasteiger partial charge in [-0.05, 0) is 43.5 Å². The molecule has 0 spiro atoms. The second kappa shape index (κ2) is 6.13. The molecule has 4 nitrogen and oxygen atoms in total. The molecular weight excluding hydrogens is 309 g/mol. The molecule has 1 aromatic carbocycles. The zero-order valence-electron chi connectivity index (χ0n) is 12.0. The smallest absolute Gasteiger partial charge is 0.238 e. The molecule has 3 rings (SSSR count). The Balaban J connectivity index is 1.61. The summed E-state index contributed by atoms with van der Waals surface area (Å²) in [6.45, 7) is 6.40. The van der Waals surface area contributed by atoms with Gasteiger partial charge in [0.1, 0.15) is 0 Å². The second-order valence-corrected chi connectivity index (χ2v) is 6.76. The Morgan fingerprint density at radius 1 is 1.33 bits per heavy atom. The fourth-order valence-electron chi connectivity index (χ4n) is 3.23. The van der Waals surface area contributed by atoms with Gasteiger partial charge in [0, 0.05) is 13.1 Å². The lowest BCUT2D eigenvalue weighted by Gasteiger charge is -2.17. The van der Waals surface area contributed by atoms with E-state index >= 15 is 0 Å². The average Bonchev–Trinajstić information content (AvgIpc) is 3.00. The van der Waals surface area contributed by atoms with Crippen molar-refractivity contribution in [3.05, 3.63) is 27.7 Å². The van der Waals surface area contributed by atoms with E-state index in [1.165, 1.54) is 0 Å². The van der Waals surface area contributed by atoms with Gasteiger partial charge in [-0.3, -0.25) is 9.69 Å². The van der Waals surface area contributed by atoms with Crippen LogP contribution >= 0.6 is 23.2 Å². The summed E-state index contributed by atoms with van der Waals surface area (Å²) in [6.07, 6.45) is 0. The largest absolute Gasteiger partial charge is 0.322 e.